The molecule has 2 atom stereocenters. The van der Waals surface area contributed by atoms with E-state index in [9.17, 15) is 9.59 Å². The average molecular weight is 405 g/mol. The summed E-state index contributed by atoms with van der Waals surface area (Å²) < 4.78 is 10.8. The number of hydrogen-bond donors (Lipinski definition) is 2. The molecule has 30 heavy (non-hydrogen) atoms. The fourth-order valence-electron chi connectivity index (χ4n) is 4.14. The van der Waals surface area contributed by atoms with Crippen molar-refractivity contribution in [3.05, 3.63) is 77.9 Å². The minimum absolute atomic E-state index is 0.299. The fourth-order valence-corrected chi connectivity index (χ4v) is 4.14. The zero-order valence-corrected chi connectivity index (χ0v) is 16.6. The molecule has 0 aromatic heterocycles. The summed E-state index contributed by atoms with van der Waals surface area (Å²) in [6, 6.07) is 21.6. The normalized spacial score (nSPS) is 19.9. The summed E-state index contributed by atoms with van der Waals surface area (Å²) in [5.41, 5.74) is 2.47. The van der Waals surface area contributed by atoms with Gasteiger partial charge in [-0.3, -0.25) is 14.8 Å². The molecule has 0 bridgehead atoms. The van der Waals surface area contributed by atoms with Gasteiger partial charge in [0.2, 0.25) is 5.91 Å². The van der Waals surface area contributed by atoms with Crippen LogP contribution in [0.3, 0.4) is 0 Å². The lowest BCUT2D eigenvalue weighted by atomic mass is 9.93. The lowest BCUT2D eigenvalue weighted by molar-refractivity contribution is -0.146. The Morgan fingerprint density at radius 1 is 1.07 bits per heavy atom. The van der Waals surface area contributed by atoms with Crippen LogP contribution in [0.15, 0.2) is 66.7 Å². The van der Waals surface area contributed by atoms with Gasteiger partial charge in [-0.05, 0) is 40.5 Å². The largest absolute Gasteiger partial charge is 0.493 e. The van der Waals surface area contributed by atoms with Crippen LogP contribution < -0.4 is 10.2 Å². The number of benzene rings is 3. The van der Waals surface area contributed by atoms with Crippen molar-refractivity contribution in [1.29, 1.82) is 0 Å². The SMILES string of the molecule is COC(=O)[C@@]1(c2ccc(OCCc3cccc4ccccc34)cc2)C[C@@H]1C(=O)NO. The topological polar surface area (TPSA) is 84.9 Å². The summed E-state index contributed by atoms with van der Waals surface area (Å²) in [4.78, 5) is 24.2. The maximum atomic E-state index is 12.3. The molecule has 0 heterocycles. The number of methoxy groups -OCH3 is 1. The van der Waals surface area contributed by atoms with Crippen LogP contribution in [0.25, 0.3) is 10.8 Å². The first-order chi connectivity index (χ1) is 14.6. The van der Waals surface area contributed by atoms with Gasteiger partial charge in [-0.1, -0.05) is 54.6 Å². The molecule has 1 aliphatic rings. The molecule has 0 unspecified atom stereocenters. The molecule has 0 spiro atoms. The van der Waals surface area contributed by atoms with Gasteiger partial charge in [-0.15, -0.1) is 0 Å². The summed E-state index contributed by atoms with van der Waals surface area (Å²) in [6.45, 7) is 0.519. The maximum absolute atomic E-state index is 12.3. The van der Waals surface area contributed by atoms with Crippen molar-refractivity contribution in [2.75, 3.05) is 13.7 Å². The Bertz CT molecular complexity index is 1070. The highest BCUT2D eigenvalue weighted by molar-refractivity contribution is 5.97. The smallest absolute Gasteiger partial charge is 0.317 e. The minimum Gasteiger partial charge on any atom is -0.493 e. The molecular weight excluding hydrogens is 382 g/mol. The number of rotatable bonds is 7. The average Bonchev–Trinajstić information content (AvgIpc) is 3.55. The van der Waals surface area contributed by atoms with Crippen molar-refractivity contribution in [2.45, 2.75) is 18.3 Å². The van der Waals surface area contributed by atoms with Crippen LogP contribution in [-0.2, 0) is 26.2 Å². The lowest BCUT2D eigenvalue weighted by Gasteiger charge is -2.16. The van der Waals surface area contributed by atoms with Crippen LogP contribution in [0.2, 0.25) is 0 Å². The highest BCUT2D eigenvalue weighted by atomic mass is 16.5. The number of hydroxylamine groups is 1. The van der Waals surface area contributed by atoms with Gasteiger partial charge in [0.1, 0.15) is 11.2 Å². The molecule has 1 amide bonds. The molecule has 1 aliphatic carbocycles. The molecular formula is C24H23NO5. The second-order valence-electron chi connectivity index (χ2n) is 7.46. The Labute approximate surface area is 174 Å². The number of carbonyl (C=O) groups excluding carboxylic acids is 2. The van der Waals surface area contributed by atoms with E-state index >= 15 is 0 Å². The molecule has 1 fully saturated rings. The summed E-state index contributed by atoms with van der Waals surface area (Å²) in [5, 5.41) is 11.3. The van der Waals surface area contributed by atoms with Crippen LogP contribution in [0, 0.1) is 5.92 Å². The van der Waals surface area contributed by atoms with Crippen LogP contribution in [0.4, 0.5) is 0 Å². The molecule has 6 heteroatoms. The van der Waals surface area contributed by atoms with Crippen molar-refractivity contribution >= 4 is 22.6 Å². The van der Waals surface area contributed by atoms with E-state index in [-0.39, 0.29) is 0 Å². The number of amides is 1. The van der Waals surface area contributed by atoms with Crippen LogP contribution >= 0.6 is 0 Å². The van der Waals surface area contributed by atoms with Crippen LogP contribution in [-0.4, -0.2) is 30.8 Å². The Hall–Kier alpha value is -3.38. The molecule has 0 saturated heterocycles. The van der Waals surface area contributed by atoms with Gasteiger partial charge in [0.05, 0.1) is 19.6 Å². The lowest BCUT2D eigenvalue weighted by Crippen LogP contribution is -2.31. The van der Waals surface area contributed by atoms with Gasteiger partial charge in [-0.25, -0.2) is 5.48 Å². The summed E-state index contributed by atoms with van der Waals surface area (Å²) in [5.74, 6) is -1.03. The van der Waals surface area contributed by atoms with E-state index in [0.29, 0.717) is 24.3 Å². The fraction of sp³-hybridized carbons (Fsp3) is 0.250. The number of fused-ring (bicyclic) bond motifs is 1. The van der Waals surface area contributed by atoms with E-state index in [1.54, 1.807) is 29.7 Å². The van der Waals surface area contributed by atoms with Crippen molar-refractivity contribution in [3.8, 4) is 5.75 Å². The Morgan fingerprint density at radius 3 is 2.53 bits per heavy atom. The molecule has 4 rings (SSSR count). The van der Waals surface area contributed by atoms with Gasteiger partial charge in [-0.2, -0.15) is 0 Å². The van der Waals surface area contributed by atoms with Crippen molar-refractivity contribution < 1.29 is 24.3 Å². The van der Waals surface area contributed by atoms with E-state index in [1.807, 2.05) is 18.2 Å². The Kier molecular flexibility index (Phi) is 5.42. The summed E-state index contributed by atoms with van der Waals surface area (Å²) in [7, 11) is 1.29. The molecule has 3 aromatic rings. The first-order valence-corrected chi connectivity index (χ1v) is 9.82. The van der Waals surface area contributed by atoms with Crippen LogP contribution in [0.1, 0.15) is 17.5 Å². The first-order valence-electron chi connectivity index (χ1n) is 9.82. The van der Waals surface area contributed by atoms with Gasteiger partial charge in [0.25, 0.3) is 0 Å². The van der Waals surface area contributed by atoms with Crippen LogP contribution in [0.5, 0.6) is 5.75 Å². The third-order valence-electron chi connectivity index (χ3n) is 5.83. The molecule has 3 aromatic carbocycles. The maximum Gasteiger partial charge on any atom is 0.317 e. The third kappa shape index (κ3) is 3.50. The molecule has 1 saturated carbocycles. The zero-order chi connectivity index (χ0) is 21.1. The van der Waals surface area contributed by atoms with Crippen molar-refractivity contribution in [3.63, 3.8) is 0 Å². The molecule has 0 aliphatic heterocycles. The quantitative estimate of drug-likeness (QED) is 0.358. The van der Waals surface area contributed by atoms with E-state index in [0.717, 1.165) is 6.42 Å². The molecule has 6 nitrogen and oxygen atoms in total. The van der Waals surface area contributed by atoms with Gasteiger partial charge in [0, 0.05) is 6.42 Å². The third-order valence-corrected chi connectivity index (χ3v) is 5.83. The van der Waals surface area contributed by atoms with Crippen molar-refractivity contribution in [1.82, 2.24) is 5.48 Å². The Balaban J connectivity index is 1.44. The zero-order valence-electron chi connectivity index (χ0n) is 16.6. The standard InChI is InChI=1S/C24H23NO5/c1-29-23(27)24(15-21(24)22(26)25-28)18-9-11-19(12-10-18)30-14-13-17-7-4-6-16-5-2-3-8-20(16)17/h2-12,21,28H,13-15H2,1H3,(H,25,26)/t21-,24-/m1/s1. The van der Waals surface area contributed by atoms with Crippen molar-refractivity contribution in [2.24, 2.45) is 5.92 Å². The predicted octanol–water partition coefficient (Wildman–Crippen LogP) is 3.40. The number of nitrogens with one attached hydrogen (secondary N) is 1. The van der Waals surface area contributed by atoms with Gasteiger partial charge < -0.3 is 9.47 Å². The number of ether oxygens (including phenoxy) is 2. The highest BCUT2D eigenvalue weighted by Gasteiger charge is 2.65. The number of carbonyl (C=O) groups is 2. The second kappa shape index (κ2) is 8.16. The van der Waals surface area contributed by atoms with Gasteiger partial charge in [0.15, 0.2) is 0 Å². The van der Waals surface area contributed by atoms with E-state index in [2.05, 4.69) is 24.3 Å². The highest BCUT2D eigenvalue weighted by Crippen LogP contribution is 2.55. The monoisotopic (exact) mass is 405 g/mol. The first kappa shape index (κ1) is 19.9. The molecule has 0 radical (unpaired) electrons. The minimum atomic E-state index is -1.05. The Morgan fingerprint density at radius 2 is 1.80 bits per heavy atom. The predicted molar refractivity (Wildman–Crippen MR) is 111 cm³/mol. The molecule has 2 N–H and O–H groups in total. The number of esters is 1. The van der Waals surface area contributed by atoms with Gasteiger partial charge >= 0.3 is 5.97 Å². The van der Waals surface area contributed by atoms with E-state index < -0.39 is 23.2 Å². The number of hydrogen-bond acceptors (Lipinski definition) is 5. The summed E-state index contributed by atoms with van der Waals surface area (Å²) in [6.07, 6.45) is 1.07. The summed E-state index contributed by atoms with van der Waals surface area (Å²) >= 11 is 0. The van der Waals surface area contributed by atoms with E-state index in [4.69, 9.17) is 14.7 Å². The second-order valence-corrected chi connectivity index (χ2v) is 7.46. The molecule has 154 valence electrons. The van der Waals surface area contributed by atoms with E-state index in [1.165, 1.54) is 23.4 Å².